The number of rotatable bonds is 6. The van der Waals surface area contributed by atoms with Gasteiger partial charge in [-0.25, -0.2) is 0 Å². The number of benzene rings is 3. The van der Waals surface area contributed by atoms with E-state index in [0.29, 0.717) is 57.1 Å². The minimum atomic E-state index is -0.0117. The summed E-state index contributed by atoms with van der Waals surface area (Å²) in [7, 11) is 3.06. The average Bonchev–Trinajstić information content (AvgIpc) is 2.72. The predicted molar refractivity (Wildman–Crippen MR) is 125 cm³/mol. The smallest absolute Gasteiger partial charge is 0.231 e. The summed E-state index contributed by atoms with van der Waals surface area (Å²) in [5.41, 5.74) is 36.9. The molecule has 0 fully saturated rings. The largest absolute Gasteiger partial charge is 0.494 e. The zero-order chi connectivity index (χ0) is 23.0. The molecular weight excluding hydrogens is 400 g/mol. The Bertz CT molecular complexity index is 977. The molecule has 10 heteroatoms. The summed E-state index contributed by atoms with van der Waals surface area (Å²) in [5, 5.41) is 0. The van der Waals surface area contributed by atoms with Crippen LogP contribution in [0.25, 0.3) is 0 Å². The lowest BCUT2D eigenvalue weighted by molar-refractivity contribution is 0.121. The fraction of sp³-hybridized carbons (Fsp3) is 0.143. The summed E-state index contributed by atoms with van der Waals surface area (Å²) in [6.07, 6.45) is 0. The highest BCUT2D eigenvalue weighted by Crippen LogP contribution is 2.36. The number of anilines is 6. The number of methoxy groups -OCH3 is 2. The molecule has 0 saturated carbocycles. The SMILES string of the molecule is COc1ccc(N)c(OC)c1N.Nc1ccc(OCOc2ccc(N)cc2N)c(N)c1. The second-order valence-electron chi connectivity index (χ2n) is 6.31. The molecule has 0 bridgehead atoms. The van der Waals surface area contributed by atoms with Crippen molar-refractivity contribution in [2.75, 3.05) is 55.4 Å². The zero-order valence-electron chi connectivity index (χ0n) is 17.4. The van der Waals surface area contributed by atoms with Gasteiger partial charge in [-0.2, -0.15) is 0 Å². The molecule has 31 heavy (non-hydrogen) atoms. The molecule has 3 rings (SSSR count). The van der Waals surface area contributed by atoms with Crippen LogP contribution in [-0.4, -0.2) is 21.0 Å². The first-order chi connectivity index (χ1) is 14.8. The summed E-state index contributed by atoms with van der Waals surface area (Å²) >= 11 is 0. The second kappa shape index (κ2) is 10.4. The van der Waals surface area contributed by atoms with Crippen molar-refractivity contribution in [1.82, 2.24) is 0 Å². The standard InChI is InChI=1S/C13H16N4O2.C8H12N2O2/c14-8-1-3-12(10(16)5-8)18-7-19-13-4-2-9(15)6-11(13)17;1-11-6-4-3-5(9)8(12-2)7(6)10/h1-6H,7,14-17H2;3-4H,9-10H2,1-2H3. The number of nitrogen functional groups attached to an aromatic ring is 6. The Morgan fingerprint density at radius 1 is 0.581 bits per heavy atom. The third-order valence-electron chi connectivity index (χ3n) is 4.11. The number of ether oxygens (including phenoxy) is 4. The van der Waals surface area contributed by atoms with Gasteiger partial charge >= 0.3 is 0 Å². The predicted octanol–water partition coefficient (Wildman–Crippen LogP) is 2.30. The normalized spacial score (nSPS) is 9.87. The lowest BCUT2D eigenvalue weighted by Gasteiger charge is -2.12. The summed E-state index contributed by atoms with van der Waals surface area (Å²) in [6.45, 7) is -0.0117. The van der Waals surface area contributed by atoms with E-state index in [1.165, 1.54) is 7.11 Å². The van der Waals surface area contributed by atoms with Gasteiger partial charge in [-0.15, -0.1) is 0 Å². The van der Waals surface area contributed by atoms with Crippen LogP contribution in [-0.2, 0) is 0 Å². The van der Waals surface area contributed by atoms with Crippen molar-refractivity contribution < 1.29 is 18.9 Å². The van der Waals surface area contributed by atoms with Gasteiger partial charge in [0.05, 0.1) is 31.3 Å². The molecule has 0 saturated heterocycles. The fourth-order valence-electron chi connectivity index (χ4n) is 2.56. The zero-order valence-corrected chi connectivity index (χ0v) is 17.4. The highest BCUT2D eigenvalue weighted by atomic mass is 16.7. The lowest BCUT2D eigenvalue weighted by Crippen LogP contribution is -2.08. The molecule has 0 atom stereocenters. The molecule has 166 valence electrons. The Labute approximate surface area is 180 Å². The molecule has 0 aliphatic carbocycles. The van der Waals surface area contributed by atoms with Gasteiger partial charge in [0.1, 0.15) is 22.9 Å². The Morgan fingerprint density at radius 2 is 1.06 bits per heavy atom. The quantitative estimate of drug-likeness (QED) is 0.250. The van der Waals surface area contributed by atoms with Crippen molar-refractivity contribution in [1.29, 1.82) is 0 Å². The monoisotopic (exact) mass is 428 g/mol. The lowest BCUT2D eigenvalue weighted by atomic mass is 10.2. The summed E-state index contributed by atoms with van der Waals surface area (Å²) in [5.74, 6) is 2.04. The molecular formula is C21H28N6O4. The van der Waals surface area contributed by atoms with E-state index in [0.717, 1.165) is 0 Å². The van der Waals surface area contributed by atoms with Gasteiger partial charge in [0.25, 0.3) is 0 Å². The molecule has 0 unspecified atom stereocenters. The molecule has 0 aliphatic rings. The van der Waals surface area contributed by atoms with E-state index in [-0.39, 0.29) is 6.79 Å². The Hall–Kier alpha value is -4.34. The van der Waals surface area contributed by atoms with Crippen LogP contribution in [0.1, 0.15) is 0 Å². The number of hydrogen-bond donors (Lipinski definition) is 6. The van der Waals surface area contributed by atoms with E-state index in [4.69, 9.17) is 53.3 Å². The Balaban J connectivity index is 0.000000245. The molecule has 0 aromatic heterocycles. The molecule has 0 aliphatic heterocycles. The Kier molecular flexibility index (Phi) is 7.73. The first-order valence-electron chi connectivity index (χ1n) is 9.08. The first kappa shape index (κ1) is 22.9. The van der Waals surface area contributed by atoms with E-state index < -0.39 is 0 Å². The third-order valence-corrected chi connectivity index (χ3v) is 4.11. The first-order valence-corrected chi connectivity index (χ1v) is 9.08. The van der Waals surface area contributed by atoms with Crippen LogP contribution in [0.4, 0.5) is 34.1 Å². The molecule has 0 spiro atoms. The molecule has 10 nitrogen and oxygen atoms in total. The van der Waals surface area contributed by atoms with Crippen LogP contribution in [0.3, 0.4) is 0 Å². The molecule has 0 radical (unpaired) electrons. The van der Waals surface area contributed by atoms with Crippen molar-refractivity contribution >= 4 is 34.1 Å². The molecule has 12 N–H and O–H groups in total. The Morgan fingerprint density at radius 3 is 1.48 bits per heavy atom. The van der Waals surface area contributed by atoms with Gasteiger partial charge in [-0.05, 0) is 48.5 Å². The van der Waals surface area contributed by atoms with Crippen molar-refractivity contribution in [2.24, 2.45) is 0 Å². The molecule has 0 heterocycles. The molecule has 3 aromatic rings. The topological polar surface area (TPSA) is 193 Å². The van der Waals surface area contributed by atoms with Crippen molar-refractivity contribution in [3.63, 3.8) is 0 Å². The summed E-state index contributed by atoms with van der Waals surface area (Å²) < 4.78 is 20.8. The van der Waals surface area contributed by atoms with Gasteiger partial charge in [0.15, 0.2) is 5.75 Å². The maximum Gasteiger partial charge on any atom is 0.231 e. The van der Waals surface area contributed by atoms with Crippen LogP contribution in [0.5, 0.6) is 23.0 Å². The van der Waals surface area contributed by atoms with Crippen LogP contribution in [0.15, 0.2) is 48.5 Å². The van der Waals surface area contributed by atoms with E-state index in [9.17, 15) is 0 Å². The number of hydrogen-bond acceptors (Lipinski definition) is 10. The van der Waals surface area contributed by atoms with Gasteiger partial charge in [-0.1, -0.05) is 0 Å². The fourth-order valence-corrected chi connectivity index (χ4v) is 2.56. The van der Waals surface area contributed by atoms with Gasteiger partial charge < -0.3 is 53.3 Å². The van der Waals surface area contributed by atoms with E-state index >= 15 is 0 Å². The summed E-state index contributed by atoms with van der Waals surface area (Å²) in [6, 6.07) is 13.4. The maximum absolute atomic E-state index is 5.75. The van der Waals surface area contributed by atoms with Crippen LogP contribution >= 0.6 is 0 Å². The van der Waals surface area contributed by atoms with Crippen LogP contribution in [0, 0.1) is 0 Å². The van der Waals surface area contributed by atoms with E-state index in [1.807, 2.05) is 0 Å². The molecule has 3 aromatic carbocycles. The third kappa shape index (κ3) is 6.07. The minimum Gasteiger partial charge on any atom is -0.494 e. The van der Waals surface area contributed by atoms with Crippen molar-refractivity contribution in [3.05, 3.63) is 48.5 Å². The van der Waals surface area contributed by atoms with Crippen molar-refractivity contribution in [3.8, 4) is 23.0 Å². The van der Waals surface area contributed by atoms with Crippen molar-refractivity contribution in [2.45, 2.75) is 0 Å². The van der Waals surface area contributed by atoms with E-state index in [2.05, 4.69) is 0 Å². The highest BCUT2D eigenvalue weighted by molar-refractivity contribution is 5.73. The second-order valence-corrected chi connectivity index (χ2v) is 6.31. The van der Waals surface area contributed by atoms with Gasteiger partial charge in [-0.3, -0.25) is 0 Å². The van der Waals surface area contributed by atoms with Gasteiger partial charge in [0, 0.05) is 11.4 Å². The number of nitrogens with two attached hydrogens (primary N) is 6. The highest BCUT2D eigenvalue weighted by Gasteiger charge is 2.08. The minimum absolute atomic E-state index is 0.0117. The molecule has 0 amide bonds. The van der Waals surface area contributed by atoms with E-state index in [1.54, 1.807) is 55.6 Å². The van der Waals surface area contributed by atoms with Gasteiger partial charge in [0.2, 0.25) is 6.79 Å². The average molecular weight is 428 g/mol. The van der Waals surface area contributed by atoms with Crippen LogP contribution < -0.4 is 53.3 Å². The summed E-state index contributed by atoms with van der Waals surface area (Å²) in [4.78, 5) is 0. The maximum atomic E-state index is 5.75. The van der Waals surface area contributed by atoms with Crippen LogP contribution in [0.2, 0.25) is 0 Å².